The summed E-state index contributed by atoms with van der Waals surface area (Å²) >= 11 is 0. The molecule has 1 aromatic heterocycles. The van der Waals surface area contributed by atoms with Crippen molar-refractivity contribution in [1.29, 1.82) is 0 Å². The van der Waals surface area contributed by atoms with Crippen molar-refractivity contribution in [2.24, 2.45) is 0 Å². The molecule has 132 valence electrons. The molecule has 0 aliphatic heterocycles. The van der Waals surface area contributed by atoms with E-state index in [0.29, 0.717) is 6.42 Å². The Bertz CT molecular complexity index is 417. The van der Waals surface area contributed by atoms with Gasteiger partial charge in [-0.3, -0.25) is 9.48 Å². The van der Waals surface area contributed by atoms with Gasteiger partial charge in [0.25, 0.3) is 0 Å². The summed E-state index contributed by atoms with van der Waals surface area (Å²) in [4.78, 5) is 11.7. The Morgan fingerprint density at radius 2 is 1.78 bits per heavy atom. The number of nitrogens with one attached hydrogen (secondary N) is 1. The molecule has 0 radical (unpaired) electrons. The summed E-state index contributed by atoms with van der Waals surface area (Å²) in [5.74, 6) is 0.156. The van der Waals surface area contributed by atoms with Gasteiger partial charge >= 0.3 is 0 Å². The monoisotopic (exact) mass is 322 g/mol. The molecule has 1 N–H and O–H groups in total. The predicted octanol–water partition coefficient (Wildman–Crippen LogP) is 3.88. The summed E-state index contributed by atoms with van der Waals surface area (Å²) in [5.41, 5.74) is 1.06. The highest BCUT2D eigenvalue weighted by Crippen LogP contribution is 2.04. The van der Waals surface area contributed by atoms with Crippen LogP contribution in [0.15, 0.2) is 6.20 Å². The third-order valence-corrected chi connectivity index (χ3v) is 4.02. The van der Waals surface area contributed by atoms with Crippen LogP contribution < -0.4 is 5.32 Å². The quantitative estimate of drug-likeness (QED) is 0.529. The van der Waals surface area contributed by atoms with Crippen molar-refractivity contribution in [3.63, 3.8) is 0 Å². The molecule has 0 fully saturated rings. The summed E-state index contributed by atoms with van der Waals surface area (Å²) in [6.45, 7) is 6.00. The lowest BCUT2D eigenvalue weighted by Crippen LogP contribution is -2.24. The number of aryl methyl sites for hydroxylation is 2. The number of carbonyl (C=O) groups excluding carboxylic acids is 1. The number of hydrogen-bond donors (Lipinski definition) is 1. The highest BCUT2D eigenvalue weighted by Gasteiger charge is 2.03. The van der Waals surface area contributed by atoms with Gasteiger partial charge in [-0.15, -0.1) is 5.10 Å². The van der Waals surface area contributed by atoms with E-state index in [0.717, 1.165) is 38.0 Å². The zero-order valence-electron chi connectivity index (χ0n) is 15.0. The molecule has 5 nitrogen and oxygen atoms in total. The van der Waals surface area contributed by atoms with Crippen LogP contribution in [-0.2, 0) is 17.8 Å². The summed E-state index contributed by atoms with van der Waals surface area (Å²) in [7, 11) is 0. The minimum Gasteiger partial charge on any atom is -0.356 e. The van der Waals surface area contributed by atoms with E-state index in [1.807, 2.05) is 10.9 Å². The predicted molar refractivity (Wildman–Crippen MR) is 94.3 cm³/mol. The number of carbonyl (C=O) groups is 1. The number of nitrogens with zero attached hydrogens (tertiary/aromatic N) is 3. The van der Waals surface area contributed by atoms with Crippen molar-refractivity contribution in [1.82, 2.24) is 20.3 Å². The Balaban J connectivity index is 2.03. The van der Waals surface area contributed by atoms with Crippen molar-refractivity contribution in [3.8, 4) is 0 Å². The number of rotatable bonds is 14. The standard InChI is InChI=1S/C18H34N4O/c1-3-5-7-8-10-14-19-18(23)13-11-15-22-16-17(20-21-22)12-9-6-4-2/h16H,3-15H2,1-2H3,(H,19,23). The molecule has 1 heterocycles. The fourth-order valence-electron chi connectivity index (χ4n) is 2.56. The molecule has 0 aliphatic rings. The molecular weight excluding hydrogens is 288 g/mol. The van der Waals surface area contributed by atoms with E-state index in [1.54, 1.807) is 0 Å². The fraction of sp³-hybridized carbons (Fsp3) is 0.833. The van der Waals surface area contributed by atoms with Gasteiger partial charge in [0.05, 0.1) is 5.69 Å². The SMILES string of the molecule is CCCCCCCNC(=O)CCCn1cc(CCCCC)nn1. The first-order valence-electron chi connectivity index (χ1n) is 9.42. The third kappa shape index (κ3) is 10.1. The van der Waals surface area contributed by atoms with Crippen LogP contribution in [0.2, 0.25) is 0 Å². The summed E-state index contributed by atoms with van der Waals surface area (Å²) in [6, 6.07) is 0. The van der Waals surface area contributed by atoms with Gasteiger partial charge in [-0.1, -0.05) is 57.6 Å². The molecule has 1 amide bonds. The van der Waals surface area contributed by atoms with Crippen molar-refractivity contribution >= 4 is 5.91 Å². The van der Waals surface area contributed by atoms with Crippen LogP contribution >= 0.6 is 0 Å². The Morgan fingerprint density at radius 1 is 1.04 bits per heavy atom. The highest BCUT2D eigenvalue weighted by molar-refractivity contribution is 5.75. The lowest BCUT2D eigenvalue weighted by atomic mass is 10.1. The van der Waals surface area contributed by atoms with Crippen LogP contribution in [0.1, 0.15) is 83.7 Å². The average Bonchev–Trinajstić information content (AvgIpc) is 2.99. The second-order valence-corrected chi connectivity index (χ2v) is 6.30. The molecule has 1 rings (SSSR count). The minimum atomic E-state index is 0.156. The van der Waals surface area contributed by atoms with Gasteiger partial charge in [-0.25, -0.2) is 0 Å². The molecular formula is C18H34N4O. The van der Waals surface area contributed by atoms with Crippen molar-refractivity contribution in [2.75, 3.05) is 6.54 Å². The maximum atomic E-state index is 11.7. The van der Waals surface area contributed by atoms with Crippen molar-refractivity contribution in [3.05, 3.63) is 11.9 Å². The second-order valence-electron chi connectivity index (χ2n) is 6.30. The smallest absolute Gasteiger partial charge is 0.220 e. The van der Waals surface area contributed by atoms with E-state index in [1.165, 1.54) is 44.9 Å². The Kier molecular flexibility index (Phi) is 11.2. The maximum absolute atomic E-state index is 11.7. The van der Waals surface area contributed by atoms with E-state index in [-0.39, 0.29) is 5.91 Å². The molecule has 0 saturated heterocycles. The van der Waals surface area contributed by atoms with Gasteiger partial charge in [-0.2, -0.15) is 0 Å². The molecule has 0 spiro atoms. The van der Waals surface area contributed by atoms with Crippen LogP contribution in [-0.4, -0.2) is 27.4 Å². The van der Waals surface area contributed by atoms with E-state index >= 15 is 0 Å². The first kappa shape index (κ1) is 19.7. The van der Waals surface area contributed by atoms with Crippen LogP contribution in [0.3, 0.4) is 0 Å². The number of amides is 1. The molecule has 0 atom stereocenters. The molecule has 0 aromatic carbocycles. The number of aromatic nitrogens is 3. The molecule has 0 saturated carbocycles. The third-order valence-electron chi connectivity index (χ3n) is 4.02. The minimum absolute atomic E-state index is 0.156. The van der Waals surface area contributed by atoms with Gasteiger partial charge in [0, 0.05) is 25.7 Å². The summed E-state index contributed by atoms with van der Waals surface area (Å²) < 4.78 is 1.86. The van der Waals surface area contributed by atoms with Crippen molar-refractivity contribution < 1.29 is 4.79 Å². The molecule has 0 bridgehead atoms. The van der Waals surface area contributed by atoms with Gasteiger partial charge in [-0.05, 0) is 25.7 Å². The number of unbranched alkanes of at least 4 members (excludes halogenated alkanes) is 6. The Hall–Kier alpha value is -1.39. The molecule has 5 heteroatoms. The topological polar surface area (TPSA) is 59.8 Å². The lowest BCUT2D eigenvalue weighted by molar-refractivity contribution is -0.121. The van der Waals surface area contributed by atoms with E-state index < -0.39 is 0 Å². The first-order valence-corrected chi connectivity index (χ1v) is 9.42. The Morgan fingerprint density at radius 3 is 2.57 bits per heavy atom. The largest absolute Gasteiger partial charge is 0.356 e. The summed E-state index contributed by atoms with van der Waals surface area (Å²) in [5, 5.41) is 11.3. The van der Waals surface area contributed by atoms with Gasteiger partial charge in [0.15, 0.2) is 0 Å². The second kappa shape index (κ2) is 13.1. The van der Waals surface area contributed by atoms with Gasteiger partial charge in [0.1, 0.15) is 0 Å². The van der Waals surface area contributed by atoms with Crippen molar-refractivity contribution in [2.45, 2.75) is 91.0 Å². The molecule has 0 aliphatic carbocycles. The van der Waals surface area contributed by atoms with Crippen LogP contribution in [0.4, 0.5) is 0 Å². The molecule has 1 aromatic rings. The summed E-state index contributed by atoms with van der Waals surface area (Å²) in [6.07, 6.45) is 14.2. The van der Waals surface area contributed by atoms with Crippen LogP contribution in [0, 0.1) is 0 Å². The normalized spacial score (nSPS) is 10.9. The molecule has 23 heavy (non-hydrogen) atoms. The van der Waals surface area contributed by atoms with Crippen LogP contribution in [0.25, 0.3) is 0 Å². The van der Waals surface area contributed by atoms with Gasteiger partial charge < -0.3 is 5.32 Å². The van der Waals surface area contributed by atoms with E-state index in [2.05, 4.69) is 29.5 Å². The Labute approximate surface area is 141 Å². The highest BCUT2D eigenvalue weighted by atomic mass is 16.1. The van der Waals surface area contributed by atoms with E-state index in [9.17, 15) is 4.79 Å². The van der Waals surface area contributed by atoms with Crippen LogP contribution in [0.5, 0.6) is 0 Å². The number of hydrogen-bond acceptors (Lipinski definition) is 3. The lowest BCUT2D eigenvalue weighted by Gasteiger charge is -2.05. The van der Waals surface area contributed by atoms with Gasteiger partial charge in [0.2, 0.25) is 5.91 Å². The van der Waals surface area contributed by atoms with E-state index in [4.69, 9.17) is 0 Å². The maximum Gasteiger partial charge on any atom is 0.220 e. The fourth-order valence-corrected chi connectivity index (χ4v) is 2.56. The zero-order valence-corrected chi connectivity index (χ0v) is 15.0. The first-order chi connectivity index (χ1) is 11.3. The average molecular weight is 322 g/mol. The zero-order chi connectivity index (χ0) is 16.8. The molecule has 0 unspecified atom stereocenters.